The highest BCUT2D eigenvalue weighted by atomic mass is 79.9. The molecule has 0 bridgehead atoms. The number of carboxylic acids is 1. The number of aliphatic carboxylic acids is 1. The van der Waals surface area contributed by atoms with Crippen molar-refractivity contribution in [3.05, 3.63) is 20.8 Å². The van der Waals surface area contributed by atoms with Crippen molar-refractivity contribution in [3.63, 3.8) is 0 Å². The number of amides is 3. The molecule has 6 nitrogen and oxygen atoms in total. The van der Waals surface area contributed by atoms with E-state index in [2.05, 4.69) is 26.6 Å². The molecule has 1 aromatic rings. The fourth-order valence-corrected chi connectivity index (χ4v) is 3.18. The Kier molecular flexibility index (Phi) is 7.38. The van der Waals surface area contributed by atoms with Crippen molar-refractivity contribution in [2.75, 3.05) is 6.54 Å². The van der Waals surface area contributed by atoms with Gasteiger partial charge in [-0.1, -0.05) is 6.92 Å². The van der Waals surface area contributed by atoms with Gasteiger partial charge >= 0.3 is 12.0 Å². The lowest BCUT2D eigenvalue weighted by atomic mass is 10.0. The summed E-state index contributed by atoms with van der Waals surface area (Å²) in [6, 6.07) is 3.35. The number of hydrogen-bond donors (Lipinski definition) is 3. The summed E-state index contributed by atoms with van der Waals surface area (Å²) in [5.41, 5.74) is 0. The fourth-order valence-electron chi connectivity index (χ4n) is 1.69. The van der Waals surface area contributed by atoms with Gasteiger partial charge in [0, 0.05) is 24.3 Å². The van der Waals surface area contributed by atoms with Crippen LogP contribution < -0.4 is 10.6 Å². The number of carboxylic acid groups (broad SMARTS) is 1. The van der Waals surface area contributed by atoms with Gasteiger partial charge in [-0.25, -0.2) is 4.79 Å². The van der Waals surface area contributed by atoms with E-state index in [0.29, 0.717) is 13.0 Å². The van der Waals surface area contributed by atoms with Gasteiger partial charge in [0.25, 0.3) is 0 Å². The largest absolute Gasteiger partial charge is 0.481 e. The molecule has 0 radical (unpaired) electrons. The van der Waals surface area contributed by atoms with Crippen molar-refractivity contribution >= 4 is 45.2 Å². The SMILES string of the molecule is CC(CC(=O)O)CC(=O)NC(=O)NCCc1ccc(Br)s1. The maximum absolute atomic E-state index is 11.5. The Balaban J connectivity index is 2.20. The summed E-state index contributed by atoms with van der Waals surface area (Å²) >= 11 is 4.95. The Hall–Kier alpha value is -1.41. The molecule has 0 saturated carbocycles. The summed E-state index contributed by atoms with van der Waals surface area (Å²) in [6.07, 6.45) is 0.604. The molecule has 116 valence electrons. The van der Waals surface area contributed by atoms with Crippen molar-refractivity contribution in [1.82, 2.24) is 10.6 Å². The van der Waals surface area contributed by atoms with Crippen molar-refractivity contribution < 1.29 is 19.5 Å². The normalized spacial score (nSPS) is 11.7. The lowest BCUT2D eigenvalue weighted by molar-refractivity contribution is -0.138. The minimum absolute atomic E-state index is 0.0115. The van der Waals surface area contributed by atoms with Crippen molar-refractivity contribution in [2.45, 2.75) is 26.2 Å². The second-order valence-electron chi connectivity index (χ2n) is 4.67. The number of carbonyl (C=O) groups is 3. The first-order chi connectivity index (χ1) is 9.86. The number of imide groups is 1. The van der Waals surface area contributed by atoms with Crippen LogP contribution in [0.4, 0.5) is 4.79 Å². The van der Waals surface area contributed by atoms with Gasteiger partial charge in [0.05, 0.1) is 3.79 Å². The Labute approximate surface area is 135 Å². The van der Waals surface area contributed by atoms with Gasteiger partial charge in [-0.05, 0) is 40.4 Å². The number of thiophene rings is 1. The summed E-state index contributed by atoms with van der Waals surface area (Å²) < 4.78 is 1.03. The van der Waals surface area contributed by atoms with E-state index < -0.39 is 17.9 Å². The van der Waals surface area contributed by atoms with Gasteiger partial charge in [0.1, 0.15) is 0 Å². The molecule has 1 unspecified atom stereocenters. The monoisotopic (exact) mass is 376 g/mol. The molecule has 0 aliphatic carbocycles. The van der Waals surface area contributed by atoms with Crippen LogP contribution in [0.3, 0.4) is 0 Å². The smallest absolute Gasteiger partial charge is 0.321 e. The average molecular weight is 377 g/mol. The number of nitrogens with one attached hydrogen (secondary N) is 2. The molecule has 21 heavy (non-hydrogen) atoms. The first-order valence-corrected chi connectivity index (χ1v) is 8.01. The molecule has 0 aromatic carbocycles. The van der Waals surface area contributed by atoms with E-state index >= 15 is 0 Å². The van der Waals surface area contributed by atoms with Crippen LogP contribution >= 0.6 is 27.3 Å². The van der Waals surface area contributed by atoms with Crippen LogP contribution in [-0.2, 0) is 16.0 Å². The van der Waals surface area contributed by atoms with Gasteiger partial charge < -0.3 is 10.4 Å². The van der Waals surface area contributed by atoms with Crippen molar-refractivity contribution in [3.8, 4) is 0 Å². The van der Waals surface area contributed by atoms with Crippen molar-refractivity contribution in [1.29, 1.82) is 0 Å². The standard InChI is InChI=1S/C13H17BrN2O4S/c1-8(7-12(18)19)6-11(17)16-13(20)15-5-4-9-2-3-10(14)21-9/h2-3,8H,4-7H2,1H3,(H,18,19)(H2,15,16,17,20). The molecule has 8 heteroatoms. The van der Waals surface area contributed by atoms with Gasteiger partial charge in [0.15, 0.2) is 0 Å². The second-order valence-corrected chi connectivity index (χ2v) is 7.21. The number of carbonyl (C=O) groups excluding carboxylic acids is 2. The van der Waals surface area contributed by atoms with Gasteiger partial charge in [0.2, 0.25) is 5.91 Å². The van der Waals surface area contributed by atoms with E-state index in [1.165, 1.54) is 0 Å². The molecule has 1 atom stereocenters. The molecule has 1 rings (SSSR count). The summed E-state index contributed by atoms with van der Waals surface area (Å²) in [4.78, 5) is 34.6. The molecule has 0 aliphatic heterocycles. The Bertz CT molecular complexity index is 518. The Morgan fingerprint density at radius 3 is 2.62 bits per heavy atom. The lowest BCUT2D eigenvalue weighted by Gasteiger charge is -2.09. The highest BCUT2D eigenvalue weighted by molar-refractivity contribution is 9.11. The van der Waals surface area contributed by atoms with Crippen LogP contribution in [0.2, 0.25) is 0 Å². The summed E-state index contributed by atoms with van der Waals surface area (Å²) in [5, 5.41) is 13.4. The molecule has 0 fully saturated rings. The maximum atomic E-state index is 11.5. The third kappa shape index (κ3) is 7.81. The maximum Gasteiger partial charge on any atom is 0.321 e. The molecule has 0 saturated heterocycles. The predicted molar refractivity (Wildman–Crippen MR) is 83.3 cm³/mol. The lowest BCUT2D eigenvalue weighted by Crippen LogP contribution is -2.40. The van der Waals surface area contributed by atoms with Gasteiger partial charge in [-0.3, -0.25) is 14.9 Å². The third-order valence-electron chi connectivity index (χ3n) is 2.60. The highest BCUT2D eigenvalue weighted by Crippen LogP contribution is 2.21. The first kappa shape index (κ1) is 17.6. The molecule has 0 spiro atoms. The minimum atomic E-state index is -0.957. The topological polar surface area (TPSA) is 95.5 Å². The minimum Gasteiger partial charge on any atom is -0.481 e. The van der Waals surface area contributed by atoms with E-state index in [1.807, 2.05) is 12.1 Å². The number of rotatable bonds is 7. The second kappa shape index (κ2) is 8.78. The van der Waals surface area contributed by atoms with Gasteiger partial charge in [-0.2, -0.15) is 0 Å². The number of halogens is 1. The summed E-state index contributed by atoms with van der Waals surface area (Å²) in [6.45, 7) is 2.08. The molecular weight excluding hydrogens is 360 g/mol. The van der Waals surface area contributed by atoms with E-state index in [9.17, 15) is 14.4 Å². The Morgan fingerprint density at radius 1 is 1.33 bits per heavy atom. The number of hydrogen-bond acceptors (Lipinski definition) is 4. The van der Waals surface area contributed by atoms with Crippen LogP contribution in [0.25, 0.3) is 0 Å². The molecule has 1 heterocycles. The molecule has 3 N–H and O–H groups in total. The zero-order valence-corrected chi connectivity index (χ0v) is 13.9. The first-order valence-electron chi connectivity index (χ1n) is 6.40. The Morgan fingerprint density at radius 2 is 2.05 bits per heavy atom. The zero-order valence-electron chi connectivity index (χ0n) is 11.5. The van der Waals surface area contributed by atoms with E-state index in [4.69, 9.17) is 5.11 Å². The van der Waals surface area contributed by atoms with E-state index in [1.54, 1.807) is 18.3 Å². The molecule has 1 aromatic heterocycles. The zero-order chi connectivity index (χ0) is 15.8. The van der Waals surface area contributed by atoms with Crippen LogP contribution in [-0.4, -0.2) is 29.6 Å². The van der Waals surface area contributed by atoms with Crippen LogP contribution in [0.15, 0.2) is 15.9 Å². The van der Waals surface area contributed by atoms with E-state index in [0.717, 1.165) is 8.66 Å². The highest BCUT2D eigenvalue weighted by Gasteiger charge is 2.14. The molecule has 0 aliphatic rings. The van der Waals surface area contributed by atoms with Crippen LogP contribution in [0.5, 0.6) is 0 Å². The molecule has 3 amide bonds. The van der Waals surface area contributed by atoms with Crippen LogP contribution in [0, 0.1) is 5.92 Å². The fraction of sp³-hybridized carbons (Fsp3) is 0.462. The average Bonchev–Trinajstić information content (AvgIpc) is 2.73. The summed E-state index contributed by atoms with van der Waals surface area (Å²) in [5.74, 6) is -1.74. The van der Waals surface area contributed by atoms with Crippen LogP contribution in [0.1, 0.15) is 24.6 Å². The van der Waals surface area contributed by atoms with E-state index in [-0.39, 0.29) is 18.8 Å². The van der Waals surface area contributed by atoms with Gasteiger partial charge in [-0.15, -0.1) is 11.3 Å². The summed E-state index contributed by atoms with van der Waals surface area (Å²) in [7, 11) is 0. The molecular formula is C13H17BrN2O4S. The van der Waals surface area contributed by atoms with Crippen molar-refractivity contribution in [2.24, 2.45) is 5.92 Å². The predicted octanol–water partition coefficient (Wildman–Crippen LogP) is 2.38. The third-order valence-corrected chi connectivity index (χ3v) is 4.28. The quantitative estimate of drug-likeness (QED) is 0.680. The number of urea groups is 1.